The fourth-order valence-electron chi connectivity index (χ4n) is 3.92. The molecule has 0 aromatic heterocycles. The predicted molar refractivity (Wildman–Crippen MR) is 127 cm³/mol. The zero-order valence-corrected chi connectivity index (χ0v) is 18.8. The number of likely N-dealkylation sites (N-methyl/N-ethyl adjacent to an activating group) is 1. The van der Waals surface area contributed by atoms with Crippen LogP contribution in [0.3, 0.4) is 0 Å². The van der Waals surface area contributed by atoms with Gasteiger partial charge >= 0.3 is 0 Å². The summed E-state index contributed by atoms with van der Waals surface area (Å²) in [4.78, 5) is 21.0. The van der Waals surface area contributed by atoms with Gasteiger partial charge in [-0.3, -0.25) is 9.79 Å². The van der Waals surface area contributed by atoms with E-state index in [-0.39, 0.29) is 5.91 Å². The zero-order valence-electron chi connectivity index (χ0n) is 18.8. The molecule has 6 heteroatoms. The van der Waals surface area contributed by atoms with Crippen LogP contribution in [0.5, 0.6) is 0 Å². The van der Waals surface area contributed by atoms with Crippen molar-refractivity contribution in [2.45, 2.75) is 19.4 Å². The summed E-state index contributed by atoms with van der Waals surface area (Å²) in [5.74, 6) is 1.37. The van der Waals surface area contributed by atoms with E-state index in [9.17, 15) is 4.79 Å². The maximum Gasteiger partial charge on any atom is 0.223 e. The summed E-state index contributed by atoms with van der Waals surface area (Å²) in [6, 6.07) is 20.8. The monoisotopic (exact) mass is 421 g/mol. The van der Waals surface area contributed by atoms with Gasteiger partial charge in [0.2, 0.25) is 5.91 Å². The van der Waals surface area contributed by atoms with Crippen molar-refractivity contribution in [3.05, 3.63) is 71.8 Å². The van der Waals surface area contributed by atoms with E-state index in [0.29, 0.717) is 12.3 Å². The lowest BCUT2D eigenvalue weighted by atomic mass is 10.1. The van der Waals surface area contributed by atoms with E-state index < -0.39 is 0 Å². The van der Waals surface area contributed by atoms with Crippen LogP contribution in [-0.2, 0) is 17.8 Å². The van der Waals surface area contributed by atoms with Crippen LogP contribution in [0, 0.1) is 5.92 Å². The Balaban J connectivity index is 1.33. The third kappa shape index (κ3) is 7.72. The van der Waals surface area contributed by atoms with Crippen LogP contribution in [0.25, 0.3) is 0 Å². The average molecular weight is 422 g/mol. The fraction of sp³-hybridized carbons (Fsp3) is 0.440. The molecule has 1 aliphatic heterocycles. The average Bonchev–Trinajstić information content (AvgIpc) is 3.15. The van der Waals surface area contributed by atoms with Gasteiger partial charge in [0.25, 0.3) is 0 Å². The van der Waals surface area contributed by atoms with Gasteiger partial charge in [-0.1, -0.05) is 60.7 Å². The van der Waals surface area contributed by atoms with Crippen molar-refractivity contribution in [3.63, 3.8) is 0 Å². The maximum atomic E-state index is 12.4. The highest BCUT2D eigenvalue weighted by Gasteiger charge is 2.29. The summed E-state index contributed by atoms with van der Waals surface area (Å²) in [5, 5.41) is 6.77. The molecule has 2 N–H and O–H groups in total. The minimum atomic E-state index is 0.258. The Morgan fingerprint density at radius 2 is 1.74 bits per heavy atom. The molecule has 1 amide bonds. The third-order valence-electron chi connectivity index (χ3n) is 5.67. The normalized spacial score (nSPS) is 16.7. The molecule has 1 unspecified atom stereocenters. The van der Waals surface area contributed by atoms with Crippen molar-refractivity contribution in [3.8, 4) is 0 Å². The van der Waals surface area contributed by atoms with Crippen LogP contribution in [0.4, 0.5) is 0 Å². The van der Waals surface area contributed by atoms with Crippen LogP contribution < -0.4 is 10.6 Å². The van der Waals surface area contributed by atoms with Gasteiger partial charge in [0.05, 0.1) is 0 Å². The second-order valence-corrected chi connectivity index (χ2v) is 8.25. The Labute approximate surface area is 186 Å². The van der Waals surface area contributed by atoms with Gasteiger partial charge in [0, 0.05) is 58.7 Å². The van der Waals surface area contributed by atoms with Crippen LogP contribution in [0.15, 0.2) is 65.7 Å². The number of nitrogens with zero attached hydrogens (tertiary/aromatic N) is 3. The molecule has 31 heavy (non-hydrogen) atoms. The van der Waals surface area contributed by atoms with Gasteiger partial charge in [-0.05, 0) is 24.6 Å². The lowest BCUT2D eigenvalue weighted by Gasteiger charge is -2.19. The Bertz CT molecular complexity index is 824. The first-order chi connectivity index (χ1) is 15.1. The first kappa shape index (κ1) is 22.8. The molecule has 0 spiro atoms. The largest absolute Gasteiger partial charge is 0.356 e. The van der Waals surface area contributed by atoms with E-state index in [0.717, 1.165) is 51.6 Å². The summed E-state index contributed by atoms with van der Waals surface area (Å²) >= 11 is 0. The zero-order chi connectivity index (χ0) is 21.9. The second kappa shape index (κ2) is 12.1. The number of hydrogen-bond acceptors (Lipinski definition) is 3. The van der Waals surface area contributed by atoms with Crippen LogP contribution in [0.1, 0.15) is 17.5 Å². The Morgan fingerprint density at radius 1 is 1.06 bits per heavy atom. The highest BCUT2D eigenvalue weighted by molar-refractivity contribution is 5.80. The molecule has 0 radical (unpaired) electrons. The SMILES string of the molecule is CN=C(NCCN(C)Cc1ccccc1)NCC1CC(=O)N(CCc2ccccc2)C1. The van der Waals surface area contributed by atoms with Gasteiger partial charge in [0.1, 0.15) is 0 Å². The lowest BCUT2D eigenvalue weighted by Crippen LogP contribution is -2.42. The van der Waals surface area contributed by atoms with Gasteiger partial charge in [-0.25, -0.2) is 0 Å². The summed E-state index contributed by atoms with van der Waals surface area (Å²) in [5.41, 5.74) is 2.59. The standard InChI is InChI=1S/C25H35N5O/c1-26-25(27-14-16-29(2)19-22-11-7-4-8-12-22)28-18-23-17-24(31)30(20-23)15-13-21-9-5-3-6-10-21/h3-12,23H,13-20H2,1-2H3,(H2,26,27,28). The van der Waals surface area contributed by atoms with Crippen LogP contribution in [-0.4, -0.2) is 68.5 Å². The lowest BCUT2D eigenvalue weighted by molar-refractivity contribution is -0.127. The number of guanidine groups is 1. The van der Waals surface area contributed by atoms with E-state index in [1.165, 1.54) is 11.1 Å². The minimum absolute atomic E-state index is 0.258. The quantitative estimate of drug-likeness (QED) is 0.457. The molecule has 1 saturated heterocycles. The Morgan fingerprint density at radius 3 is 2.42 bits per heavy atom. The molecular formula is C25H35N5O. The number of likely N-dealkylation sites (tertiary alicyclic amines) is 1. The number of hydrogen-bond donors (Lipinski definition) is 2. The second-order valence-electron chi connectivity index (χ2n) is 8.25. The first-order valence-corrected chi connectivity index (χ1v) is 11.1. The molecule has 6 nitrogen and oxygen atoms in total. The molecule has 166 valence electrons. The number of aliphatic imine (C=N–C) groups is 1. The van der Waals surface area contributed by atoms with Gasteiger partial charge in [-0.2, -0.15) is 0 Å². The van der Waals surface area contributed by atoms with Crippen LogP contribution >= 0.6 is 0 Å². The van der Waals surface area contributed by atoms with E-state index in [4.69, 9.17) is 0 Å². The highest BCUT2D eigenvalue weighted by atomic mass is 16.2. The van der Waals surface area contributed by atoms with Crippen molar-refractivity contribution < 1.29 is 4.79 Å². The molecule has 1 heterocycles. The van der Waals surface area contributed by atoms with Gasteiger partial charge in [-0.15, -0.1) is 0 Å². The van der Waals surface area contributed by atoms with E-state index in [1.807, 2.05) is 29.2 Å². The Hall–Kier alpha value is -2.86. The van der Waals surface area contributed by atoms with E-state index in [2.05, 4.69) is 64.0 Å². The van der Waals surface area contributed by atoms with Crippen molar-refractivity contribution in [2.24, 2.45) is 10.9 Å². The summed E-state index contributed by atoms with van der Waals surface area (Å²) in [7, 11) is 3.91. The van der Waals surface area contributed by atoms with Crippen LogP contribution in [0.2, 0.25) is 0 Å². The molecule has 2 aromatic rings. The molecule has 1 atom stereocenters. The molecular weight excluding hydrogens is 386 g/mol. The molecule has 1 aliphatic rings. The van der Waals surface area contributed by atoms with E-state index >= 15 is 0 Å². The smallest absolute Gasteiger partial charge is 0.223 e. The summed E-state index contributed by atoms with van der Waals surface area (Å²) in [6.45, 7) is 5.03. The topological polar surface area (TPSA) is 60.0 Å². The number of carbonyl (C=O) groups is 1. The minimum Gasteiger partial charge on any atom is -0.356 e. The molecule has 2 aromatic carbocycles. The van der Waals surface area contributed by atoms with E-state index in [1.54, 1.807) is 7.05 Å². The number of amides is 1. The number of nitrogens with one attached hydrogen (secondary N) is 2. The fourth-order valence-corrected chi connectivity index (χ4v) is 3.92. The number of rotatable bonds is 10. The molecule has 0 bridgehead atoms. The number of carbonyl (C=O) groups excluding carboxylic acids is 1. The summed E-state index contributed by atoms with van der Waals surface area (Å²) in [6.07, 6.45) is 1.52. The molecule has 3 rings (SSSR count). The number of benzene rings is 2. The molecule has 1 fully saturated rings. The predicted octanol–water partition coefficient (Wildman–Crippen LogP) is 2.37. The van der Waals surface area contributed by atoms with Crippen molar-refractivity contribution >= 4 is 11.9 Å². The Kier molecular flexibility index (Phi) is 8.91. The highest BCUT2D eigenvalue weighted by Crippen LogP contribution is 2.17. The molecule has 0 aliphatic carbocycles. The first-order valence-electron chi connectivity index (χ1n) is 11.1. The molecule has 0 saturated carbocycles. The third-order valence-corrected chi connectivity index (χ3v) is 5.67. The van der Waals surface area contributed by atoms with Gasteiger partial charge < -0.3 is 20.4 Å². The van der Waals surface area contributed by atoms with Crippen molar-refractivity contribution in [2.75, 3.05) is 46.8 Å². The maximum absolute atomic E-state index is 12.4. The van der Waals surface area contributed by atoms with Crippen molar-refractivity contribution in [1.29, 1.82) is 0 Å². The summed E-state index contributed by atoms with van der Waals surface area (Å²) < 4.78 is 0. The van der Waals surface area contributed by atoms with Crippen molar-refractivity contribution in [1.82, 2.24) is 20.4 Å². The van der Waals surface area contributed by atoms with Gasteiger partial charge in [0.15, 0.2) is 5.96 Å².